The first kappa shape index (κ1) is 13.6. The van der Waals surface area contributed by atoms with Gasteiger partial charge in [0.05, 0.1) is 4.92 Å². The molecule has 0 unspecified atom stereocenters. The van der Waals surface area contributed by atoms with E-state index in [9.17, 15) is 31.7 Å². The molecule has 0 atom stereocenters. The van der Waals surface area contributed by atoms with Gasteiger partial charge in [0.25, 0.3) is 20.5 Å². The molecule has 0 bridgehead atoms. The van der Waals surface area contributed by atoms with E-state index in [1.807, 2.05) is 0 Å². The van der Waals surface area contributed by atoms with Crippen LogP contribution < -0.4 is 0 Å². The fourth-order valence-corrected chi connectivity index (χ4v) is 1.96. The van der Waals surface area contributed by atoms with Crippen molar-refractivity contribution in [2.75, 3.05) is 0 Å². The van der Waals surface area contributed by atoms with Crippen molar-refractivity contribution < 1.29 is 26.5 Å². The van der Waals surface area contributed by atoms with Crippen LogP contribution in [0.2, 0.25) is 0 Å². The number of pyridine rings is 1. The Hall–Kier alpha value is -1.42. The molecule has 0 saturated carbocycles. The van der Waals surface area contributed by atoms with E-state index in [0.29, 0.717) is 0 Å². The zero-order chi connectivity index (χ0) is 13.4. The van der Waals surface area contributed by atoms with Gasteiger partial charge in [-0.3, -0.25) is 10.1 Å². The summed E-state index contributed by atoms with van der Waals surface area (Å²) in [5.74, 6) is -1.61. The number of nitrogens with zero attached hydrogens (tertiary/aromatic N) is 2. The minimum atomic E-state index is -4.81. The molecule has 11 heteroatoms. The topological polar surface area (TPSA) is 90.2 Å². The molecule has 0 amide bonds. The van der Waals surface area contributed by atoms with Gasteiger partial charge in [-0.05, 0) is 0 Å². The third-order valence-corrected chi connectivity index (χ3v) is 2.79. The van der Waals surface area contributed by atoms with E-state index in [4.69, 9.17) is 10.7 Å². The second-order valence-electron chi connectivity index (χ2n) is 2.68. The number of halogens is 4. The van der Waals surface area contributed by atoms with Crippen LogP contribution in [0.1, 0.15) is 12.0 Å². The van der Waals surface area contributed by atoms with Crippen molar-refractivity contribution >= 4 is 25.4 Å². The van der Waals surface area contributed by atoms with Crippen LogP contribution in [-0.4, -0.2) is 18.3 Å². The molecule has 6 nitrogen and oxygen atoms in total. The molecule has 0 saturated heterocycles. The Balaban J connectivity index is 3.77. The number of hydrogen-bond acceptors (Lipinski definition) is 5. The number of aromatic nitrogens is 1. The molecule has 0 aliphatic rings. The van der Waals surface area contributed by atoms with E-state index >= 15 is 0 Å². The Morgan fingerprint density at radius 3 is 2.35 bits per heavy atom. The van der Waals surface area contributed by atoms with Gasteiger partial charge in [-0.15, -0.1) is 0 Å². The minimum Gasteiger partial charge on any atom is -0.258 e. The van der Waals surface area contributed by atoms with Crippen LogP contribution >= 0.6 is 10.7 Å². The van der Waals surface area contributed by atoms with Crippen molar-refractivity contribution in [2.45, 2.75) is 11.5 Å². The lowest BCUT2D eigenvalue weighted by Crippen LogP contribution is -2.07. The van der Waals surface area contributed by atoms with Crippen molar-refractivity contribution in [3.63, 3.8) is 0 Å². The summed E-state index contributed by atoms with van der Waals surface area (Å²) in [4.78, 5) is 11.7. The van der Waals surface area contributed by atoms with E-state index in [1.54, 1.807) is 0 Å². The van der Waals surface area contributed by atoms with Crippen LogP contribution in [0.5, 0.6) is 0 Å². The minimum absolute atomic E-state index is 0.0777. The molecule has 0 aliphatic carbocycles. The van der Waals surface area contributed by atoms with Gasteiger partial charge in [-0.25, -0.2) is 22.2 Å². The fraction of sp³-hybridized carbons (Fsp3) is 0.167. The fourth-order valence-electron chi connectivity index (χ4n) is 1.02. The quantitative estimate of drug-likeness (QED) is 0.367. The summed E-state index contributed by atoms with van der Waals surface area (Å²) in [6, 6.07) is 0.0777. The second-order valence-corrected chi connectivity index (χ2v) is 5.16. The van der Waals surface area contributed by atoms with Gasteiger partial charge in [-0.1, -0.05) is 0 Å². The van der Waals surface area contributed by atoms with Crippen LogP contribution in [0.15, 0.2) is 11.1 Å². The van der Waals surface area contributed by atoms with Gasteiger partial charge in [0.1, 0.15) is 5.56 Å². The molecule has 17 heavy (non-hydrogen) atoms. The molecule has 1 aromatic heterocycles. The van der Waals surface area contributed by atoms with Crippen LogP contribution in [-0.2, 0) is 9.05 Å². The molecule has 94 valence electrons. The van der Waals surface area contributed by atoms with Gasteiger partial charge in [0, 0.05) is 16.7 Å². The van der Waals surface area contributed by atoms with E-state index in [1.165, 1.54) is 0 Å². The van der Waals surface area contributed by atoms with E-state index in [2.05, 4.69) is 4.98 Å². The number of alkyl halides is 2. The molecule has 0 radical (unpaired) electrons. The first-order valence-corrected chi connectivity index (χ1v) is 6.03. The summed E-state index contributed by atoms with van der Waals surface area (Å²) in [7, 11) is -0.0608. The molecular weight excluding hydrogens is 289 g/mol. The smallest absolute Gasteiger partial charge is 0.258 e. The van der Waals surface area contributed by atoms with Crippen molar-refractivity contribution in [3.8, 4) is 0 Å². The zero-order valence-electron chi connectivity index (χ0n) is 7.60. The van der Waals surface area contributed by atoms with E-state index in [0.717, 1.165) is 0 Å². The largest absolute Gasteiger partial charge is 0.316 e. The zero-order valence-corrected chi connectivity index (χ0v) is 9.17. The van der Waals surface area contributed by atoms with Crippen molar-refractivity contribution in [1.82, 2.24) is 4.98 Å². The summed E-state index contributed by atoms with van der Waals surface area (Å²) in [6.07, 6.45) is -3.44. The normalized spacial score (nSPS) is 11.8. The monoisotopic (exact) mass is 290 g/mol. The summed E-state index contributed by atoms with van der Waals surface area (Å²) >= 11 is 0. The highest BCUT2D eigenvalue weighted by atomic mass is 35.7. The summed E-state index contributed by atoms with van der Waals surface area (Å²) in [6.45, 7) is 0. The molecule has 0 aliphatic heterocycles. The van der Waals surface area contributed by atoms with Crippen LogP contribution in [0.4, 0.5) is 18.9 Å². The van der Waals surface area contributed by atoms with Crippen molar-refractivity contribution in [2.24, 2.45) is 0 Å². The lowest BCUT2D eigenvalue weighted by Gasteiger charge is -2.04. The van der Waals surface area contributed by atoms with Gasteiger partial charge in [0.15, 0.2) is 0 Å². The molecule has 1 aromatic rings. The van der Waals surface area contributed by atoms with Crippen molar-refractivity contribution in [3.05, 3.63) is 27.7 Å². The highest BCUT2D eigenvalue weighted by Crippen LogP contribution is 2.34. The average molecular weight is 291 g/mol. The molecule has 1 heterocycles. The Morgan fingerprint density at radius 2 is 2.00 bits per heavy atom. The van der Waals surface area contributed by atoms with Gasteiger partial charge in [0.2, 0.25) is 5.95 Å². The Morgan fingerprint density at radius 1 is 1.47 bits per heavy atom. The van der Waals surface area contributed by atoms with E-state index in [-0.39, 0.29) is 6.07 Å². The SMILES string of the molecule is O=[N+]([O-])c1c(C(F)F)cc(F)nc1S(=O)(=O)Cl. The number of rotatable bonds is 3. The standard InChI is InChI=1S/C6H2ClF3N2O4S/c7-17(15,16)6-4(12(13)14)2(5(9)10)1-3(8)11-6/h1,5H. The van der Waals surface area contributed by atoms with Crippen LogP contribution in [0.3, 0.4) is 0 Å². The van der Waals surface area contributed by atoms with E-state index < -0.39 is 42.6 Å². The Bertz CT molecular complexity index is 577. The van der Waals surface area contributed by atoms with Gasteiger partial charge >= 0.3 is 5.69 Å². The highest BCUT2D eigenvalue weighted by Gasteiger charge is 2.34. The summed E-state index contributed by atoms with van der Waals surface area (Å²) < 4.78 is 59.3. The molecular formula is C6H2ClF3N2O4S. The lowest BCUT2D eigenvalue weighted by molar-refractivity contribution is -0.389. The van der Waals surface area contributed by atoms with Crippen molar-refractivity contribution in [1.29, 1.82) is 0 Å². The maximum atomic E-state index is 12.8. The third-order valence-electron chi connectivity index (χ3n) is 1.61. The highest BCUT2D eigenvalue weighted by molar-refractivity contribution is 8.13. The number of hydrogen-bond donors (Lipinski definition) is 0. The Kier molecular flexibility index (Phi) is 3.57. The number of nitro groups is 1. The average Bonchev–Trinajstić information content (AvgIpc) is 2.14. The van der Waals surface area contributed by atoms with Crippen LogP contribution in [0, 0.1) is 16.1 Å². The lowest BCUT2D eigenvalue weighted by atomic mass is 10.2. The predicted octanol–water partition coefficient (Wildman–Crippen LogP) is 1.99. The molecule has 0 aromatic carbocycles. The first-order chi connectivity index (χ1) is 7.64. The first-order valence-electron chi connectivity index (χ1n) is 3.72. The molecule has 0 N–H and O–H groups in total. The van der Waals surface area contributed by atoms with Gasteiger partial charge in [-0.2, -0.15) is 4.39 Å². The molecule has 1 rings (SSSR count). The van der Waals surface area contributed by atoms with Crippen LogP contribution in [0.25, 0.3) is 0 Å². The maximum absolute atomic E-state index is 12.8. The Labute approximate surface area is 96.6 Å². The second kappa shape index (κ2) is 4.45. The maximum Gasteiger partial charge on any atom is 0.316 e. The third kappa shape index (κ3) is 2.82. The molecule has 0 spiro atoms. The van der Waals surface area contributed by atoms with Gasteiger partial charge < -0.3 is 0 Å². The summed E-state index contributed by atoms with van der Waals surface area (Å²) in [5, 5.41) is 8.95. The molecule has 0 fully saturated rings. The predicted molar refractivity (Wildman–Crippen MR) is 48.8 cm³/mol. The summed E-state index contributed by atoms with van der Waals surface area (Å²) in [5.41, 5.74) is -2.93.